The lowest BCUT2D eigenvalue weighted by Gasteiger charge is -2.09. The molecule has 1 aliphatic carbocycles. The van der Waals surface area contributed by atoms with Crippen LogP contribution in [0.15, 0.2) is 5.16 Å². The van der Waals surface area contributed by atoms with E-state index in [-0.39, 0.29) is 5.75 Å². The van der Waals surface area contributed by atoms with Crippen molar-refractivity contribution in [3.63, 3.8) is 0 Å². The Morgan fingerprint density at radius 1 is 1.56 bits per heavy atom. The predicted molar refractivity (Wildman–Crippen MR) is 69.8 cm³/mol. The Hall–Kier alpha value is -1.04. The molecule has 6 heteroatoms. The van der Waals surface area contributed by atoms with Gasteiger partial charge in [0.2, 0.25) is 0 Å². The second kappa shape index (κ2) is 4.91. The van der Waals surface area contributed by atoms with Gasteiger partial charge >= 0.3 is 5.97 Å². The SMILES string of the molecule is CCCn1c(SCC(=O)O)nnc1C1CC1(C)C. The highest BCUT2D eigenvalue weighted by Crippen LogP contribution is 2.58. The smallest absolute Gasteiger partial charge is 0.313 e. The lowest BCUT2D eigenvalue weighted by molar-refractivity contribution is -0.133. The minimum atomic E-state index is -0.820. The van der Waals surface area contributed by atoms with E-state index in [1.54, 1.807) is 0 Å². The van der Waals surface area contributed by atoms with Crippen molar-refractivity contribution in [3.8, 4) is 0 Å². The molecule has 2 rings (SSSR count). The minimum Gasteiger partial charge on any atom is -0.481 e. The molecule has 0 spiro atoms. The van der Waals surface area contributed by atoms with Crippen molar-refractivity contribution in [1.82, 2.24) is 14.8 Å². The highest BCUT2D eigenvalue weighted by atomic mass is 32.2. The van der Waals surface area contributed by atoms with Crippen LogP contribution in [0, 0.1) is 5.41 Å². The first-order chi connectivity index (χ1) is 8.45. The molecule has 1 aromatic rings. The molecule has 5 nitrogen and oxygen atoms in total. The zero-order valence-corrected chi connectivity index (χ0v) is 11.8. The lowest BCUT2D eigenvalue weighted by Crippen LogP contribution is -2.07. The Bertz CT molecular complexity index is 456. The van der Waals surface area contributed by atoms with Crippen molar-refractivity contribution in [2.24, 2.45) is 5.41 Å². The number of carboxylic acid groups (broad SMARTS) is 1. The highest BCUT2D eigenvalue weighted by Gasteiger charge is 2.49. The summed E-state index contributed by atoms with van der Waals surface area (Å²) in [5.41, 5.74) is 0.313. The molecule has 0 aliphatic heterocycles. The largest absolute Gasteiger partial charge is 0.481 e. The molecule has 1 heterocycles. The molecule has 18 heavy (non-hydrogen) atoms. The zero-order valence-electron chi connectivity index (χ0n) is 11.0. The van der Waals surface area contributed by atoms with Crippen molar-refractivity contribution in [2.75, 3.05) is 5.75 Å². The number of thioether (sulfide) groups is 1. The second-order valence-corrected chi connectivity index (χ2v) is 6.36. The fraction of sp³-hybridized carbons (Fsp3) is 0.750. The van der Waals surface area contributed by atoms with Gasteiger partial charge in [0.15, 0.2) is 5.16 Å². The number of rotatable bonds is 6. The van der Waals surface area contributed by atoms with Gasteiger partial charge in [0.1, 0.15) is 5.82 Å². The number of hydrogen-bond acceptors (Lipinski definition) is 4. The van der Waals surface area contributed by atoms with E-state index in [1.807, 2.05) is 0 Å². The van der Waals surface area contributed by atoms with Gasteiger partial charge < -0.3 is 9.67 Å². The van der Waals surface area contributed by atoms with E-state index in [9.17, 15) is 4.79 Å². The third kappa shape index (κ3) is 2.68. The van der Waals surface area contributed by atoms with E-state index in [2.05, 4.69) is 35.5 Å². The molecule has 1 fully saturated rings. The molecule has 0 bridgehead atoms. The van der Waals surface area contributed by atoms with E-state index in [1.165, 1.54) is 11.8 Å². The molecule has 1 atom stereocenters. The number of hydrogen-bond donors (Lipinski definition) is 1. The Balaban J connectivity index is 2.18. The van der Waals surface area contributed by atoms with Crippen LogP contribution >= 0.6 is 11.8 Å². The van der Waals surface area contributed by atoms with Crippen LogP contribution in [0.25, 0.3) is 0 Å². The fourth-order valence-corrected chi connectivity index (χ4v) is 2.82. The van der Waals surface area contributed by atoms with Gasteiger partial charge in [0, 0.05) is 12.5 Å². The van der Waals surface area contributed by atoms with E-state index in [4.69, 9.17) is 5.11 Å². The van der Waals surface area contributed by atoms with Crippen LogP contribution in [0.4, 0.5) is 0 Å². The van der Waals surface area contributed by atoms with E-state index < -0.39 is 5.97 Å². The van der Waals surface area contributed by atoms with Crippen molar-refractivity contribution in [1.29, 1.82) is 0 Å². The Morgan fingerprint density at radius 3 is 2.72 bits per heavy atom. The summed E-state index contributed by atoms with van der Waals surface area (Å²) in [6.07, 6.45) is 2.14. The first-order valence-electron chi connectivity index (χ1n) is 6.23. The standard InChI is InChI=1S/C12H19N3O2S/c1-4-5-15-10(8-6-12(8,2)3)13-14-11(15)18-7-9(16)17/h8H,4-7H2,1-3H3,(H,16,17). The predicted octanol–water partition coefficient (Wildman–Crippen LogP) is 2.38. The summed E-state index contributed by atoms with van der Waals surface area (Å²) in [6, 6.07) is 0. The van der Waals surface area contributed by atoms with Crippen LogP contribution < -0.4 is 0 Å². The van der Waals surface area contributed by atoms with Crippen molar-refractivity contribution in [2.45, 2.75) is 51.2 Å². The van der Waals surface area contributed by atoms with E-state index >= 15 is 0 Å². The number of aromatic nitrogens is 3. The molecule has 0 amide bonds. The first-order valence-corrected chi connectivity index (χ1v) is 7.22. The van der Waals surface area contributed by atoms with Gasteiger partial charge in [-0.1, -0.05) is 32.5 Å². The van der Waals surface area contributed by atoms with Crippen LogP contribution in [0.5, 0.6) is 0 Å². The number of nitrogens with zero attached hydrogens (tertiary/aromatic N) is 3. The molecule has 1 aliphatic rings. The van der Waals surface area contributed by atoms with Crippen molar-refractivity contribution in [3.05, 3.63) is 5.82 Å². The van der Waals surface area contributed by atoms with Crippen LogP contribution in [0.3, 0.4) is 0 Å². The molecular formula is C12H19N3O2S. The van der Waals surface area contributed by atoms with Gasteiger partial charge in [0.05, 0.1) is 5.75 Å². The average Bonchev–Trinajstić information content (AvgIpc) is 2.74. The third-order valence-electron chi connectivity index (χ3n) is 3.34. The maximum atomic E-state index is 10.6. The summed E-state index contributed by atoms with van der Waals surface area (Å²) in [5, 5.41) is 17.9. The number of carboxylic acids is 1. The number of aliphatic carboxylic acids is 1. The summed E-state index contributed by atoms with van der Waals surface area (Å²) in [5.74, 6) is 0.709. The summed E-state index contributed by atoms with van der Waals surface area (Å²) in [4.78, 5) is 10.6. The first kappa shape index (κ1) is 13.4. The van der Waals surface area contributed by atoms with Crippen molar-refractivity contribution >= 4 is 17.7 Å². The molecule has 0 radical (unpaired) electrons. The van der Waals surface area contributed by atoms with Crippen LogP contribution in [-0.4, -0.2) is 31.6 Å². The topological polar surface area (TPSA) is 68.0 Å². The van der Waals surface area contributed by atoms with Gasteiger partial charge in [-0.05, 0) is 18.3 Å². The summed E-state index contributed by atoms with van der Waals surface area (Å²) in [7, 11) is 0. The quantitative estimate of drug-likeness (QED) is 0.803. The maximum absolute atomic E-state index is 10.6. The summed E-state index contributed by atoms with van der Waals surface area (Å²) < 4.78 is 2.09. The Labute approximate surface area is 111 Å². The van der Waals surface area contributed by atoms with Gasteiger partial charge in [-0.3, -0.25) is 4.79 Å². The van der Waals surface area contributed by atoms with E-state index in [0.29, 0.717) is 11.3 Å². The maximum Gasteiger partial charge on any atom is 0.313 e. The molecular weight excluding hydrogens is 250 g/mol. The minimum absolute atomic E-state index is 0.0376. The monoisotopic (exact) mass is 269 g/mol. The molecule has 1 saturated carbocycles. The normalized spacial score (nSPS) is 20.9. The molecule has 1 N–H and O–H groups in total. The van der Waals surface area contributed by atoms with Crippen molar-refractivity contribution < 1.29 is 9.90 Å². The van der Waals surface area contributed by atoms with Crippen LogP contribution in [-0.2, 0) is 11.3 Å². The van der Waals surface area contributed by atoms with Crippen LogP contribution in [0.2, 0.25) is 0 Å². The molecule has 0 saturated heterocycles. The van der Waals surface area contributed by atoms with Crippen LogP contribution in [0.1, 0.15) is 45.4 Å². The molecule has 1 aromatic heterocycles. The van der Waals surface area contributed by atoms with Gasteiger partial charge in [0.25, 0.3) is 0 Å². The lowest BCUT2D eigenvalue weighted by atomic mass is 10.1. The van der Waals surface area contributed by atoms with E-state index in [0.717, 1.165) is 30.4 Å². The Morgan fingerprint density at radius 2 is 2.22 bits per heavy atom. The van der Waals surface area contributed by atoms with Gasteiger partial charge in [-0.2, -0.15) is 0 Å². The Kier molecular flexibility index (Phi) is 3.66. The summed E-state index contributed by atoms with van der Waals surface area (Å²) >= 11 is 1.25. The number of carbonyl (C=O) groups is 1. The summed E-state index contributed by atoms with van der Waals surface area (Å²) in [6.45, 7) is 7.42. The average molecular weight is 269 g/mol. The fourth-order valence-electron chi connectivity index (χ4n) is 2.13. The zero-order chi connectivity index (χ0) is 13.3. The van der Waals surface area contributed by atoms with Gasteiger partial charge in [-0.25, -0.2) is 0 Å². The molecule has 1 unspecified atom stereocenters. The highest BCUT2D eigenvalue weighted by molar-refractivity contribution is 7.99. The molecule has 100 valence electrons. The molecule has 0 aromatic carbocycles. The third-order valence-corrected chi connectivity index (χ3v) is 4.29. The van der Waals surface area contributed by atoms with Gasteiger partial charge in [-0.15, -0.1) is 10.2 Å². The second-order valence-electron chi connectivity index (χ2n) is 5.42.